The molecule has 11 nitrogen and oxygen atoms in total. The Morgan fingerprint density at radius 2 is 1.81 bits per heavy atom. The van der Waals surface area contributed by atoms with Gasteiger partial charge in [-0.25, -0.2) is 9.18 Å². The average molecular weight is 657 g/mol. The number of fused-ring (bicyclic) bond motifs is 2. The van der Waals surface area contributed by atoms with Crippen LogP contribution in [0.3, 0.4) is 0 Å². The summed E-state index contributed by atoms with van der Waals surface area (Å²) in [7, 11) is 0. The zero-order valence-corrected chi connectivity index (χ0v) is 26.2. The molecule has 0 aliphatic carbocycles. The predicted molar refractivity (Wildman–Crippen MR) is 170 cm³/mol. The van der Waals surface area contributed by atoms with Crippen molar-refractivity contribution in [2.24, 2.45) is 5.16 Å². The summed E-state index contributed by atoms with van der Waals surface area (Å²) >= 11 is 5.98. The van der Waals surface area contributed by atoms with Gasteiger partial charge in [0.15, 0.2) is 17.4 Å². The van der Waals surface area contributed by atoms with Crippen LogP contribution in [0.15, 0.2) is 65.8 Å². The third-order valence-corrected chi connectivity index (χ3v) is 9.34. The zero-order valence-electron chi connectivity index (χ0n) is 25.4. The quantitative estimate of drug-likeness (QED) is 0.307. The molecule has 3 aliphatic heterocycles. The number of benzene rings is 3. The van der Waals surface area contributed by atoms with Gasteiger partial charge in [-0.3, -0.25) is 9.59 Å². The van der Waals surface area contributed by atoms with Crippen LogP contribution in [0.25, 0.3) is 0 Å². The minimum atomic E-state index is -1.06. The number of carboxylic acid groups (broad SMARTS) is 1. The van der Waals surface area contributed by atoms with E-state index in [2.05, 4.69) is 24.8 Å². The monoisotopic (exact) mass is 656 g/mol. The van der Waals surface area contributed by atoms with Crippen LogP contribution in [-0.4, -0.2) is 67.3 Å². The lowest BCUT2D eigenvalue weighted by Gasteiger charge is -2.40. The number of halogens is 2. The fraction of sp³-hybridized carbons (Fsp3) is 0.294. The maximum absolute atomic E-state index is 14.8. The molecule has 0 unspecified atom stereocenters. The normalized spacial score (nSPS) is 18.7. The summed E-state index contributed by atoms with van der Waals surface area (Å²) < 4.78 is 16.9. The molecule has 240 valence electrons. The highest BCUT2D eigenvalue weighted by Crippen LogP contribution is 2.39. The molecule has 3 aromatic carbocycles. The van der Waals surface area contributed by atoms with E-state index in [-0.39, 0.29) is 47.0 Å². The van der Waals surface area contributed by atoms with E-state index in [0.717, 1.165) is 41.6 Å². The molecule has 4 heterocycles. The highest BCUT2D eigenvalue weighted by Gasteiger charge is 2.42. The number of carbonyl (C=O) groups excluding carboxylic acids is 2. The first-order chi connectivity index (χ1) is 22.7. The molecule has 1 amide bonds. The molecule has 0 spiro atoms. The highest BCUT2D eigenvalue weighted by atomic mass is 35.5. The summed E-state index contributed by atoms with van der Waals surface area (Å²) in [6.45, 7) is 4.20. The third-order valence-electron chi connectivity index (χ3n) is 9.05. The number of anilines is 1. The van der Waals surface area contributed by atoms with Crippen LogP contribution in [0.2, 0.25) is 5.02 Å². The molecule has 0 saturated heterocycles. The molecular weight excluding hydrogens is 627 g/mol. The van der Waals surface area contributed by atoms with Crippen LogP contribution in [0.5, 0.6) is 0 Å². The van der Waals surface area contributed by atoms with Gasteiger partial charge in [-0.15, -0.1) is 10.2 Å². The Bertz CT molecular complexity index is 1940. The van der Waals surface area contributed by atoms with Crippen molar-refractivity contribution in [1.29, 1.82) is 0 Å². The molecule has 3 aliphatic rings. The van der Waals surface area contributed by atoms with Crippen molar-refractivity contribution in [3.05, 3.63) is 111 Å². The van der Waals surface area contributed by atoms with E-state index in [1.165, 1.54) is 29.2 Å². The number of hydrogen-bond acceptors (Lipinski definition) is 8. The van der Waals surface area contributed by atoms with E-state index >= 15 is 0 Å². The molecule has 2 atom stereocenters. The first kappa shape index (κ1) is 30.5. The molecule has 0 bridgehead atoms. The first-order valence-corrected chi connectivity index (χ1v) is 15.6. The highest BCUT2D eigenvalue weighted by molar-refractivity contribution is 6.31. The van der Waals surface area contributed by atoms with Gasteiger partial charge in [-0.2, -0.15) is 0 Å². The number of Topliss-reactive ketones (excluding diaryl/α,β-unsaturated/α-hetero) is 1. The van der Waals surface area contributed by atoms with E-state index in [0.29, 0.717) is 18.5 Å². The standard InChI is InChI=1S/C34H30ClFN6O5/c1-19-37-38-30-18-40(14-15-41(19)30)27-7-3-4-23-22(27)12-13-42(32(23)28(43)16-20-8-10-21(11-9-20)34(45)46)33(44)29-17-26(39-47-29)24-5-2-6-25(35)31(24)36/h2-11,29,32H,12-18H2,1H3,(H,45,46)/t29-,32-/m1/s1. The van der Waals surface area contributed by atoms with E-state index in [1.807, 2.05) is 25.1 Å². The number of amides is 1. The number of aromatic nitrogens is 3. The number of ketones is 1. The fourth-order valence-corrected chi connectivity index (χ4v) is 6.86. The molecule has 1 N–H and O–H groups in total. The van der Waals surface area contributed by atoms with Crippen LogP contribution >= 0.6 is 11.6 Å². The lowest BCUT2D eigenvalue weighted by atomic mass is 9.86. The predicted octanol–water partition coefficient (Wildman–Crippen LogP) is 4.53. The van der Waals surface area contributed by atoms with Crippen LogP contribution in [-0.2, 0) is 40.4 Å². The smallest absolute Gasteiger partial charge is 0.335 e. The molecular formula is C34H30ClFN6O5. The second kappa shape index (κ2) is 12.3. The third kappa shape index (κ3) is 5.62. The number of aromatic carboxylic acids is 1. The molecule has 47 heavy (non-hydrogen) atoms. The molecule has 13 heteroatoms. The molecule has 7 rings (SSSR count). The summed E-state index contributed by atoms with van der Waals surface area (Å²) in [5, 5.41) is 21.8. The molecule has 0 saturated carbocycles. The van der Waals surface area contributed by atoms with Crippen molar-refractivity contribution in [3.8, 4) is 0 Å². The lowest BCUT2D eigenvalue weighted by Crippen LogP contribution is -2.48. The van der Waals surface area contributed by atoms with Crippen molar-refractivity contribution in [1.82, 2.24) is 19.7 Å². The zero-order chi connectivity index (χ0) is 32.8. The summed E-state index contributed by atoms with van der Waals surface area (Å²) in [6.07, 6.45) is -0.550. The Kier molecular flexibility index (Phi) is 7.96. The Hall–Kier alpha value is -5.10. The van der Waals surface area contributed by atoms with Gasteiger partial charge in [0.25, 0.3) is 5.91 Å². The van der Waals surface area contributed by atoms with Gasteiger partial charge in [0.2, 0.25) is 6.10 Å². The van der Waals surface area contributed by atoms with Crippen LogP contribution in [0, 0.1) is 12.7 Å². The largest absolute Gasteiger partial charge is 0.478 e. The average Bonchev–Trinajstić information content (AvgIpc) is 3.72. The number of aryl methyl sites for hydroxylation is 1. The Labute approximate surface area is 274 Å². The van der Waals surface area contributed by atoms with E-state index < -0.39 is 29.8 Å². The van der Waals surface area contributed by atoms with Crippen molar-refractivity contribution >= 4 is 40.7 Å². The number of rotatable bonds is 7. The van der Waals surface area contributed by atoms with E-state index in [4.69, 9.17) is 16.4 Å². The minimum absolute atomic E-state index is 0.0188. The SMILES string of the molecule is Cc1nnc2n1CCN(c1cccc3c1CCN(C(=O)[C@H]1CC(c4cccc(Cl)c4F)=NO1)[C@H]3C(=O)Cc1ccc(C(=O)O)cc1)C2. The number of nitrogens with zero attached hydrogens (tertiary/aromatic N) is 6. The molecule has 1 aromatic heterocycles. The Morgan fingerprint density at radius 1 is 1.02 bits per heavy atom. The van der Waals surface area contributed by atoms with Gasteiger partial charge in [0, 0.05) is 43.7 Å². The number of hydrogen-bond donors (Lipinski definition) is 1. The second-order valence-electron chi connectivity index (χ2n) is 11.8. The second-order valence-corrected chi connectivity index (χ2v) is 12.3. The van der Waals surface area contributed by atoms with Gasteiger partial charge < -0.3 is 24.3 Å². The van der Waals surface area contributed by atoms with Crippen LogP contribution in [0.4, 0.5) is 10.1 Å². The Morgan fingerprint density at radius 3 is 2.60 bits per heavy atom. The van der Waals surface area contributed by atoms with Crippen LogP contribution < -0.4 is 4.90 Å². The van der Waals surface area contributed by atoms with Gasteiger partial charge in [-0.05, 0) is 60.4 Å². The molecule has 0 fully saturated rings. The molecule has 4 aromatic rings. The first-order valence-electron chi connectivity index (χ1n) is 15.3. The minimum Gasteiger partial charge on any atom is -0.478 e. The van der Waals surface area contributed by atoms with Crippen molar-refractivity contribution in [3.63, 3.8) is 0 Å². The van der Waals surface area contributed by atoms with Crippen molar-refractivity contribution in [2.75, 3.05) is 18.0 Å². The summed E-state index contributed by atoms with van der Waals surface area (Å²) in [5.74, 6) is -0.628. The van der Waals surface area contributed by atoms with E-state index in [1.54, 1.807) is 18.2 Å². The van der Waals surface area contributed by atoms with Gasteiger partial charge in [-0.1, -0.05) is 47.1 Å². The van der Waals surface area contributed by atoms with Crippen molar-refractivity contribution < 1.29 is 28.7 Å². The molecule has 0 radical (unpaired) electrons. The lowest BCUT2D eigenvalue weighted by molar-refractivity contribution is -0.149. The number of carboxylic acids is 1. The van der Waals surface area contributed by atoms with Gasteiger partial charge in [0.05, 0.1) is 22.8 Å². The maximum atomic E-state index is 14.8. The summed E-state index contributed by atoms with van der Waals surface area (Å²) in [4.78, 5) is 49.0. The van der Waals surface area contributed by atoms with Gasteiger partial charge in [0.1, 0.15) is 11.9 Å². The summed E-state index contributed by atoms with van der Waals surface area (Å²) in [6, 6.07) is 15.6. The van der Waals surface area contributed by atoms with Gasteiger partial charge >= 0.3 is 5.97 Å². The number of oxime groups is 1. The summed E-state index contributed by atoms with van der Waals surface area (Å²) in [5.41, 5.74) is 3.83. The van der Waals surface area contributed by atoms with E-state index in [9.17, 15) is 23.9 Å². The van der Waals surface area contributed by atoms with Crippen LogP contribution in [0.1, 0.15) is 56.7 Å². The topological polar surface area (TPSA) is 130 Å². The number of carbonyl (C=O) groups is 3. The Balaban J connectivity index is 1.20. The maximum Gasteiger partial charge on any atom is 0.335 e. The fourth-order valence-electron chi connectivity index (χ4n) is 6.68. The van der Waals surface area contributed by atoms with Crippen molar-refractivity contribution in [2.45, 2.75) is 51.4 Å².